The molecule has 1 aliphatic heterocycles. The number of hydrogen-bond acceptors (Lipinski definition) is 4. The lowest BCUT2D eigenvalue weighted by molar-refractivity contribution is 0.0611. The molecular weight excluding hydrogens is 452 g/mol. The highest BCUT2D eigenvalue weighted by Gasteiger charge is 2.33. The first-order chi connectivity index (χ1) is 17.5. The minimum Gasteiger partial charge on any atom is -0.494 e. The molecule has 0 bridgehead atoms. The van der Waals surface area contributed by atoms with Gasteiger partial charge in [0, 0.05) is 46.9 Å². The average Bonchev–Trinajstić information content (AvgIpc) is 2.89. The van der Waals surface area contributed by atoms with Crippen molar-refractivity contribution in [3.8, 4) is 5.75 Å². The van der Waals surface area contributed by atoms with E-state index in [9.17, 15) is 14.4 Å². The van der Waals surface area contributed by atoms with Gasteiger partial charge in [0.15, 0.2) is 0 Å². The summed E-state index contributed by atoms with van der Waals surface area (Å²) in [6.45, 7) is 4.55. The summed E-state index contributed by atoms with van der Waals surface area (Å²) in [4.78, 5) is 43.2. The smallest absolute Gasteiger partial charge is 0.261 e. The number of carbonyl (C=O) groups is 3. The molecule has 5 rings (SSSR count). The Kier molecular flexibility index (Phi) is 6.25. The van der Waals surface area contributed by atoms with E-state index in [1.165, 1.54) is 4.90 Å². The predicted octanol–water partition coefficient (Wildman–Crippen LogP) is 5.49. The van der Waals surface area contributed by atoms with Crippen LogP contribution in [-0.2, 0) is 0 Å². The van der Waals surface area contributed by atoms with Gasteiger partial charge < -0.3 is 9.64 Å². The Morgan fingerprint density at radius 3 is 2.14 bits per heavy atom. The fourth-order valence-electron chi connectivity index (χ4n) is 4.59. The molecule has 4 aromatic rings. The van der Waals surface area contributed by atoms with Crippen molar-refractivity contribution < 1.29 is 19.1 Å². The summed E-state index contributed by atoms with van der Waals surface area (Å²) in [5.41, 5.74) is 3.20. The lowest BCUT2D eigenvalue weighted by atomic mass is 9.94. The van der Waals surface area contributed by atoms with Crippen molar-refractivity contribution in [3.05, 3.63) is 107 Å². The van der Waals surface area contributed by atoms with Gasteiger partial charge in [-0.05, 0) is 55.6 Å². The highest BCUT2D eigenvalue weighted by atomic mass is 16.5. The largest absolute Gasteiger partial charge is 0.494 e. The zero-order chi connectivity index (χ0) is 25.2. The standard InChI is InChI=1S/C30H26N2O4/c1-3-36-24-10-6-9-23(19-24)31(28(33)22-15-13-20(2)14-16-22)17-18-32-29(34)25-11-4-7-21-8-5-12-26(27(21)25)30(32)35/h4-16,19H,3,17-18H2,1-2H3. The third kappa shape index (κ3) is 4.22. The zero-order valence-corrected chi connectivity index (χ0v) is 20.2. The molecular formula is C30H26N2O4. The topological polar surface area (TPSA) is 66.9 Å². The number of rotatable bonds is 7. The average molecular weight is 479 g/mol. The third-order valence-corrected chi connectivity index (χ3v) is 6.39. The van der Waals surface area contributed by atoms with Crippen molar-refractivity contribution in [3.63, 3.8) is 0 Å². The minimum atomic E-state index is -0.352. The maximum atomic E-state index is 13.6. The van der Waals surface area contributed by atoms with Crippen LogP contribution in [0.25, 0.3) is 10.8 Å². The van der Waals surface area contributed by atoms with Crippen LogP contribution in [0.15, 0.2) is 84.9 Å². The Morgan fingerprint density at radius 2 is 1.50 bits per heavy atom. The second kappa shape index (κ2) is 9.66. The number of amides is 3. The van der Waals surface area contributed by atoms with Crippen LogP contribution in [-0.4, -0.2) is 42.3 Å². The molecule has 1 heterocycles. The number of aryl methyl sites for hydroxylation is 1. The van der Waals surface area contributed by atoms with Crippen molar-refractivity contribution >= 4 is 34.2 Å². The van der Waals surface area contributed by atoms with Crippen LogP contribution in [0.3, 0.4) is 0 Å². The van der Waals surface area contributed by atoms with E-state index in [-0.39, 0.29) is 30.8 Å². The quantitative estimate of drug-likeness (QED) is 0.330. The molecule has 1 aliphatic rings. The molecule has 0 N–H and O–H groups in total. The Morgan fingerprint density at radius 1 is 0.861 bits per heavy atom. The second-order valence-corrected chi connectivity index (χ2v) is 8.72. The van der Waals surface area contributed by atoms with Gasteiger partial charge in [-0.15, -0.1) is 0 Å². The van der Waals surface area contributed by atoms with Crippen LogP contribution in [0.5, 0.6) is 5.75 Å². The maximum Gasteiger partial charge on any atom is 0.261 e. The number of nitrogens with zero attached hydrogens (tertiary/aromatic N) is 2. The van der Waals surface area contributed by atoms with E-state index in [2.05, 4.69) is 0 Å². The van der Waals surface area contributed by atoms with Crippen LogP contribution in [0.1, 0.15) is 43.6 Å². The third-order valence-electron chi connectivity index (χ3n) is 6.39. The van der Waals surface area contributed by atoms with E-state index in [1.807, 2.05) is 68.4 Å². The predicted molar refractivity (Wildman–Crippen MR) is 140 cm³/mol. The molecule has 0 spiro atoms. The van der Waals surface area contributed by atoms with Gasteiger partial charge in [0.2, 0.25) is 0 Å². The molecule has 6 heteroatoms. The van der Waals surface area contributed by atoms with E-state index >= 15 is 0 Å². The van der Waals surface area contributed by atoms with Gasteiger partial charge in [0.25, 0.3) is 17.7 Å². The Bertz CT molecular complexity index is 1430. The first-order valence-corrected chi connectivity index (χ1v) is 12.0. The lowest BCUT2D eigenvalue weighted by Gasteiger charge is -2.30. The number of carbonyl (C=O) groups excluding carboxylic acids is 3. The number of imide groups is 1. The van der Waals surface area contributed by atoms with Gasteiger partial charge in [-0.25, -0.2) is 0 Å². The van der Waals surface area contributed by atoms with Gasteiger partial charge in [-0.3, -0.25) is 19.3 Å². The summed E-state index contributed by atoms with van der Waals surface area (Å²) >= 11 is 0. The summed E-state index contributed by atoms with van der Waals surface area (Å²) in [6, 6.07) is 25.5. The summed E-state index contributed by atoms with van der Waals surface area (Å²) in [5.74, 6) is -0.282. The normalized spacial score (nSPS) is 12.7. The van der Waals surface area contributed by atoms with Crippen LogP contribution in [0.4, 0.5) is 5.69 Å². The highest BCUT2D eigenvalue weighted by molar-refractivity contribution is 6.25. The van der Waals surface area contributed by atoms with Gasteiger partial charge in [-0.2, -0.15) is 0 Å². The molecule has 0 saturated carbocycles. The fraction of sp³-hybridized carbons (Fsp3) is 0.167. The molecule has 0 atom stereocenters. The Hall–Kier alpha value is -4.45. The lowest BCUT2D eigenvalue weighted by Crippen LogP contribution is -2.46. The maximum absolute atomic E-state index is 13.6. The second-order valence-electron chi connectivity index (χ2n) is 8.72. The number of benzene rings is 4. The molecule has 0 aliphatic carbocycles. The summed E-state index contributed by atoms with van der Waals surface area (Å²) < 4.78 is 5.64. The van der Waals surface area contributed by atoms with E-state index in [0.29, 0.717) is 40.1 Å². The molecule has 0 aromatic heterocycles. The summed E-state index contributed by atoms with van der Waals surface area (Å²) in [7, 11) is 0. The van der Waals surface area contributed by atoms with Crippen molar-refractivity contribution in [2.75, 3.05) is 24.6 Å². The Labute approximate surface area is 209 Å². The van der Waals surface area contributed by atoms with Gasteiger partial charge >= 0.3 is 0 Å². The van der Waals surface area contributed by atoms with Crippen molar-refractivity contribution in [2.24, 2.45) is 0 Å². The summed E-state index contributed by atoms with van der Waals surface area (Å²) in [5, 5.41) is 1.54. The van der Waals surface area contributed by atoms with Crippen LogP contribution in [0, 0.1) is 6.92 Å². The van der Waals surface area contributed by atoms with Gasteiger partial charge in [-0.1, -0.05) is 48.0 Å². The monoisotopic (exact) mass is 478 g/mol. The fourth-order valence-corrected chi connectivity index (χ4v) is 4.59. The van der Waals surface area contributed by atoms with Crippen LogP contribution in [0.2, 0.25) is 0 Å². The van der Waals surface area contributed by atoms with Gasteiger partial charge in [0.05, 0.1) is 6.61 Å². The first kappa shape index (κ1) is 23.3. The number of ether oxygens (including phenoxy) is 1. The van der Waals surface area contributed by atoms with Crippen LogP contribution >= 0.6 is 0 Å². The molecule has 0 fully saturated rings. The van der Waals surface area contributed by atoms with E-state index in [0.717, 1.165) is 10.9 Å². The molecule has 6 nitrogen and oxygen atoms in total. The molecule has 180 valence electrons. The molecule has 0 saturated heterocycles. The van der Waals surface area contributed by atoms with E-state index < -0.39 is 0 Å². The Balaban J connectivity index is 1.48. The zero-order valence-electron chi connectivity index (χ0n) is 20.2. The van der Waals surface area contributed by atoms with Crippen LogP contribution < -0.4 is 9.64 Å². The van der Waals surface area contributed by atoms with E-state index in [1.54, 1.807) is 35.2 Å². The molecule has 0 unspecified atom stereocenters. The number of anilines is 1. The molecule has 4 aromatic carbocycles. The highest BCUT2D eigenvalue weighted by Crippen LogP contribution is 2.30. The molecule has 0 radical (unpaired) electrons. The summed E-state index contributed by atoms with van der Waals surface area (Å²) in [6.07, 6.45) is 0. The minimum absolute atomic E-state index is 0.0544. The van der Waals surface area contributed by atoms with E-state index in [4.69, 9.17) is 4.74 Å². The van der Waals surface area contributed by atoms with Crippen molar-refractivity contribution in [2.45, 2.75) is 13.8 Å². The van der Waals surface area contributed by atoms with Gasteiger partial charge in [0.1, 0.15) is 5.75 Å². The number of hydrogen-bond donors (Lipinski definition) is 0. The molecule has 36 heavy (non-hydrogen) atoms. The first-order valence-electron chi connectivity index (χ1n) is 12.0. The van der Waals surface area contributed by atoms with Crippen molar-refractivity contribution in [1.29, 1.82) is 0 Å². The molecule has 3 amide bonds. The van der Waals surface area contributed by atoms with Crippen molar-refractivity contribution in [1.82, 2.24) is 4.90 Å². The SMILES string of the molecule is CCOc1cccc(N(CCN2C(=O)c3cccc4cccc(c34)C2=O)C(=O)c2ccc(C)cc2)c1.